The van der Waals surface area contributed by atoms with Gasteiger partial charge < -0.3 is 20.1 Å². The highest BCUT2D eigenvalue weighted by Gasteiger charge is 2.16. The van der Waals surface area contributed by atoms with Crippen molar-refractivity contribution in [3.8, 4) is 0 Å². The van der Waals surface area contributed by atoms with Crippen LogP contribution in [0.1, 0.15) is 29.9 Å². The minimum absolute atomic E-state index is 0.0663. The zero-order valence-corrected chi connectivity index (χ0v) is 12.6. The monoisotopic (exact) mass is 293 g/mol. The highest BCUT2D eigenvalue weighted by molar-refractivity contribution is 5.95. The minimum Gasteiger partial charge on any atom is -0.376 e. The summed E-state index contributed by atoms with van der Waals surface area (Å²) < 4.78 is 10.8. The van der Waals surface area contributed by atoms with E-state index in [1.807, 2.05) is 19.9 Å². The minimum atomic E-state index is -0.111. The molecule has 1 atom stereocenters. The summed E-state index contributed by atoms with van der Waals surface area (Å²) in [6.45, 7) is 6.99. The molecule has 1 aromatic heterocycles. The van der Waals surface area contributed by atoms with Crippen LogP contribution in [0.25, 0.3) is 0 Å². The first-order chi connectivity index (χ1) is 10.2. The van der Waals surface area contributed by atoms with Gasteiger partial charge in [0, 0.05) is 24.3 Å². The lowest BCUT2D eigenvalue weighted by atomic mass is 10.1. The molecule has 1 fully saturated rings. The first-order valence-corrected chi connectivity index (χ1v) is 7.45. The van der Waals surface area contributed by atoms with Gasteiger partial charge in [-0.15, -0.1) is 0 Å². The molecular weight excluding hydrogens is 270 g/mol. The average Bonchev–Trinajstić information content (AvgIpc) is 2.53. The molecule has 0 spiro atoms. The number of hydrogen-bond donors (Lipinski definition) is 2. The van der Waals surface area contributed by atoms with Crippen molar-refractivity contribution in [1.82, 2.24) is 10.3 Å². The van der Waals surface area contributed by atoms with Gasteiger partial charge in [-0.05, 0) is 25.5 Å². The first kappa shape index (κ1) is 15.7. The maximum atomic E-state index is 12.2. The average molecular weight is 293 g/mol. The Kier molecular flexibility index (Phi) is 5.95. The molecule has 1 aliphatic heterocycles. The molecular formula is C15H23N3O3. The number of nitrogens with one attached hydrogen (secondary N) is 2. The number of aryl methyl sites for hydroxylation is 1. The largest absolute Gasteiger partial charge is 0.376 e. The molecule has 0 bridgehead atoms. The van der Waals surface area contributed by atoms with Gasteiger partial charge in [-0.25, -0.2) is 4.98 Å². The van der Waals surface area contributed by atoms with Crippen molar-refractivity contribution in [3.05, 3.63) is 23.4 Å². The molecule has 6 nitrogen and oxygen atoms in total. The van der Waals surface area contributed by atoms with E-state index < -0.39 is 0 Å². The van der Waals surface area contributed by atoms with Gasteiger partial charge in [0.2, 0.25) is 0 Å². The molecule has 6 heteroatoms. The van der Waals surface area contributed by atoms with E-state index in [1.165, 1.54) is 0 Å². The highest BCUT2D eigenvalue weighted by atomic mass is 16.6. The third kappa shape index (κ3) is 4.68. The molecule has 2 N–H and O–H groups in total. The van der Waals surface area contributed by atoms with Crippen molar-refractivity contribution in [3.63, 3.8) is 0 Å². The van der Waals surface area contributed by atoms with Crippen LogP contribution in [0, 0.1) is 0 Å². The normalized spacial score (nSPS) is 18.3. The zero-order valence-electron chi connectivity index (χ0n) is 12.6. The third-order valence-electron chi connectivity index (χ3n) is 3.24. The molecule has 116 valence electrons. The number of hydrogen-bond acceptors (Lipinski definition) is 5. The van der Waals surface area contributed by atoms with Crippen LogP contribution in [-0.4, -0.2) is 49.9 Å². The number of pyridine rings is 1. The van der Waals surface area contributed by atoms with Crippen molar-refractivity contribution in [2.24, 2.45) is 0 Å². The summed E-state index contributed by atoms with van der Waals surface area (Å²) in [6, 6.07) is 3.60. The van der Waals surface area contributed by atoms with Gasteiger partial charge in [-0.3, -0.25) is 4.79 Å². The number of aromatic nitrogens is 1. The number of rotatable bonds is 6. The lowest BCUT2D eigenvalue weighted by molar-refractivity contribution is -0.0855. The highest BCUT2D eigenvalue weighted by Crippen LogP contribution is 2.11. The summed E-state index contributed by atoms with van der Waals surface area (Å²) in [6.07, 6.45) is 0.724. The van der Waals surface area contributed by atoms with Gasteiger partial charge in [0.15, 0.2) is 0 Å². The standard InChI is InChI=1S/C15H23N3O3/c1-3-12-7-11(8-14(18-12)16-4-2)15(19)17-9-13-10-20-5-6-21-13/h7-8,13H,3-6,9-10H2,1-2H3,(H,16,18)(H,17,19). The summed E-state index contributed by atoms with van der Waals surface area (Å²) in [5, 5.41) is 6.04. The smallest absolute Gasteiger partial charge is 0.251 e. The van der Waals surface area contributed by atoms with Gasteiger partial charge in [0.05, 0.1) is 25.9 Å². The molecule has 2 heterocycles. The second kappa shape index (κ2) is 7.95. The van der Waals surface area contributed by atoms with Crippen molar-refractivity contribution in [2.75, 3.05) is 38.2 Å². The van der Waals surface area contributed by atoms with E-state index in [-0.39, 0.29) is 12.0 Å². The second-order valence-corrected chi connectivity index (χ2v) is 4.89. The van der Waals surface area contributed by atoms with Crippen LogP contribution < -0.4 is 10.6 Å². The Morgan fingerprint density at radius 2 is 2.24 bits per heavy atom. The van der Waals surface area contributed by atoms with E-state index in [9.17, 15) is 4.79 Å². The predicted molar refractivity (Wildman–Crippen MR) is 80.7 cm³/mol. The molecule has 1 amide bonds. The van der Waals surface area contributed by atoms with Gasteiger partial charge in [-0.2, -0.15) is 0 Å². The topological polar surface area (TPSA) is 72.5 Å². The number of anilines is 1. The van der Waals surface area contributed by atoms with E-state index in [0.29, 0.717) is 31.9 Å². The van der Waals surface area contributed by atoms with E-state index in [0.717, 1.165) is 24.5 Å². The summed E-state index contributed by atoms with van der Waals surface area (Å²) >= 11 is 0. The Morgan fingerprint density at radius 1 is 1.38 bits per heavy atom. The molecule has 0 saturated carbocycles. The number of carbonyl (C=O) groups is 1. The van der Waals surface area contributed by atoms with Gasteiger partial charge in [-0.1, -0.05) is 6.92 Å². The van der Waals surface area contributed by atoms with Crippen LogP contribution in [0.3, 0.4) is 0 Å². The lowest BCUT2D eigenvalue weighted by Gasteiger charge is -2.23. The van der Waals surface area contributed by atoms with Crippen molar-refractivity contribution < 1.29 is 14.3 Å². The van der Waals surface area contributed by atoms with Crippen LogP contribution in [0.4, 0.5) is 5.82 Å². The van der Waals surface area contributed by atoms with E-state index >= 15 is 0 Å². The molecule has 1 unspecified atom stereocenters. The fraction of sp³-hybridized carbons (Fsp3) is 0.600. The van der Waals surface area contributed by atoms with Crippen molar-refractivity contribution in [1.29, 1.82) is 0 Å². The molecule has 0 aliphatic carbocycles. The van der Waals surface area contributed by atoms with Crippen LogP contribution in [0.5, 0.6) is 0 Å². The van der Waals surface area contributed by atoms with Gasteiger partial charge >= 0.3 is 0 Å². The first-order valence-electron chi connectivity index (χ1n) is 7.45. The molecule has 2 rings (SSSR count). The van der Waals surface area contributed by atoms with Crippen LogP contribution in [0.2, 0.25) is 0 Å². The van der Waals surface area contributed by atoms with Gasteiger partial charge in [0.1, 0.15) is 5.82 Å². The molecule has 0 aromatic carbocycles. The molecule has 1 aliphatic rings. The number of carbonyl (C=O) groups excluding carboxylic acids is 1. The zero-order chi connectivity index (χ0) is 15.1. The van der Waals surface area contributed by atoms with Crippen molar-refractivity contribution in [2.45, 2.75) is 26.4 Å². The van der Waals surface area contributed by atoms with Crippen molar-refractivity contribution >= 4 is 11.7 Å². The number of amides is 1. The Labute approximate surface area is 125 Å². The number of nitrogens with zero attached hydrogens (tertiary/aromatic N) is 1. The quantitative estimate of drug-likeness (QED) is 0.825. The van der Waals surface area contributed by atoms with E-state index in [4.69, 9.17) is 9.47 Å². The molecule has 1 aromatic rings. The van der Waals surface area contributed by atoms with Crippen LogP contribution in [-0.2, 0) is 15.9 Å². The fourth-order valence-corrected chi connectivity index (χ4v) is 2.13. The Hall–Kier alpha value is -1.66. The van der Waals surface area contributed by atoms with Crippen LogP contribution in [0.15, 0.2) is 12.1 Å². The molecule has 21 heavy (non-hydrogen) atoms. The van der Waals surface area contributed by atoms with Crippen LogP contribution >= 0.6 is 0 Å². The third-order valence-corrected chi connectivity index (χ3v) is 3.24. The lowest BCUT2D eigenvalue weighted by Crippen LogP contribution is -2.39. The Morgan fingerprint density at radius 3 is 2.90 bits per heavy atom. The molecule has 0 radical (unpaired) electrons. The predicted octanol–water partition coefficient (Wildman–Crippen LogP) is 1.22. The number of ether oxygens (including phenoxy) is 2. The second-order valence-electron chi connectivity index (χ2n) is 4.89. The summed E-state index contributed by atoms with van der Waals surface area (Å²) in [5.74, 6) is 0.625. The SMILES string of the molecule is CCNc1cc(C(=O)NCC2COCCO2)cc(CC)n1. The molecule has 1 saturated heterocycles. The summed E-state index contributed by atoms with van der Waals surface area (Å²) in [4.78, 5) is 16.7. The summed E-state index contributed by atoms with van der Waals surface area (Å²) in [5.41, 5.74) is 1.52. The van der Waals surface area contributed by atoms with Gasteiger partial charge in [0.25, 0.3) is 5.91 Å². The maximum Gasteiger partial charge on any atom is 0.251 e. The van der Waals surface area contributed by atoms with E-state index in [2.05, 4.69) is 15.6 Å². The maximum absolute atomic E-state index is 12.2. The van der Waals surface area contributed by atoms with E-state index in [1.54, 1.807) is 6.07 Å². The Bertz CT molecular complexity index is 473. The Balaban J connectivity index is 1.98. The summed E-state index contributed by atoms with van der Waals surface area (Å²) in [7, 11) is 0. The fourth-order valence-electron chi connectivity index (χ4n) is 2.13.